The third-order valence-electron chi connectivity index (χ3n) is 3.07. The van der Waals surface area contributed by atoms with Crippen molar-refractivity contribution in [2.24, 2.45) is 0 Å². The highest BCUT2D eigenvalue weighted by Crippen LogP contribution is 2.33. The Hall–Kier alpha value is -1.14. The number of fused-ring (bicyclic) bond motifs is 1. The number of aromatic amines is 1. The third kappa shape index (κ3) is 2.60. The molecule has 0 aliphatic carbocycles. The van der Waals surface area contributed by atoms with Gasteiger partial charge in [0.05, 0.1) is 25.3 Å². The van der Waals surface area contributed by atoms with Gasteiger partial charge in [-0.2, -0.15) is 11.8 Å². The number of rotatable bonds is 5. The number of methoxy groups -OCH3 is 2. The number of H-pyrrole nitrogens is 1. The van der Waals surface area contributed by atoms with Gasteiger partial charge in [-0.05, 0) is 25.4 Å². The number of nitrogens with one attached hydrogen (secondary N) is 1. The molecule has 0 radical (unpaired) electrons. The number of ether oxygens (including phenoxy) is 2. The summed E-state index contributed by atoms with van der Waals surface area (Å²) in [6, 6.07) is 4.22. The minimum absolute atomic E-state index is 0.328. The van der Waals surface area contributed by atoms with Crippen LogP contribution in [0.2, 0.25) is 0 Å². The minimum Gasteiger partial charge on any atom is -0.493 e. The molecule has 1 atom stereocenters. The van der Waals surface area contributed by atoms with Crippen molar-refractivity contribution >= 4 is 35.0 Å². The van der Waals surface area contributed by atoms with Gasteiger partial charge in [0.2, 0.25) is 0 Å². The maximum atomic E-state index is 5.42. The Morgan fingerprint density at radius 2 is 1.95 bits per heavy atom. The highest BCUT2D eigenvalue weighted by Gasteiger charge is 2.14. The van der Waals surface area contributed by atoms with Crippen LogP contribution < -0.4 is 9.47 Å². The molecule has 0 fully saturated rings. The van der Waals surface area contributed by atoms with E-state index in [1.165, 1.54) is 0 Å². The van der Waals surface area contributed by atoms with E-state index in [0.29, 0.717) is 17.5 Å². The first-order valence-electron chi connectivity index (χ1n) is 5.97. The predicted molar refractivity (Wildman–Crippen MR) is 83.3 cm³/mol. The average Bonchev–Trinajstić information content (AvgIpc) is 2.72. The zero-order valence-electron chi connectivity index (χ0n) is 11.5. The Morgan fingerprint density at radius 1 is 1.32 bits per heavy atom. The summed E-state index contributed by atoms with van der Waals surface area (Å²) < 4.78 is 13.5. The lowest BCUT2D eigenvalue weighted by Gasteiger charge is -2.14. The molecule has 104 valence electrons. The Morgan fingerprint density at radius 3 is 2.53 bits per heavy atom. The maximum absolute atomic E-state index is 5.42. The zero-order valence-corrected chi connectivity index (χ0v) is 13.2. The first-order valence-corrected chi connectivity index (χ1v) is 7.77. The maximum Gasteiger partial charge on any atom is 0.178 e. The summed E-state index contributed by atoms with van der Waals surface area (Å²) >= 11 is 7.22. The van der Waals surface area contributed by atoms with Crippen LogP contribution in [0.15, 0.2) is 12.1 Å². The van der Waals surface area contributed by atoms with Crippen LogP contribution in [0.4, 0.5) is 0 Å². The molecule has 0 amide bonds. The summed E-state index contributed by atoms with van der Waals surface area (Å²) in [7, 11) is 3.27. The molecule has 4 nitrogen and oxygen atoms in total. The highest BCUT2D eigenvalue weighted by atomic mass is 32.2. The largest absolute Gasteiger partial charge is 0.493 e. The van der Waals surface area contributed by atoms with Crippen LogP contribution in [-0.2, 0) is 0 Å². The monoisotopic (exact) mass is 298 g/mol. The molecular formula is C13H18N2O2S2. The normalized spacial score (nSPS) is 12.6. The van der Waals surface area contributed by atoms with Crippen molar-refractivity contribution < 1.29 is 9.47 Å². The van der Waals surface area contributed by atoms with Crippen molar-refractivity contribution in [1.82, 2.24) is 9.55 Å². The highest BCUT2D eigenvalue weighted by molar-refractivity contribution is 7.98. The van der Waals surface area contributed by atoms with Crippen LogP contribution in [0, 0.1) is 4.77 Å². The molecule has 1 unspecified atom stereocenters. The lowest BCUT2D eigenvalue weighted by atomic mass is 10.2. The summed E-state index contributed by atoms with van der Waals surface area (Å²) in [4.78, 5) is 3.23. The number of hydrogen-bond donors (Lipinski definition) is 1. The van der Waals surface area contributed by atoms with Crippen LogP contribution in [0.5, 0.6) is 11.5 Å². The molecule has 0 saturated carbocycles. The van der Waals surface area contributed by atoms with Crippen LogP contribution in [0.3, 0.4) is 0 Å². The van der Waals surface area contributed by atoms with Gasteiger partial charge in [0.15, 0.2) is 16.3 Å². The van der Waals surface area contributed by atoms with E-state index in [4.69, 9.17) is 21.7 Å². The predicted octanol–water partition coefficient (Wildman–Crippen LogP) is 3.64. The van der Waals surface area contributed by atoms with Gasteiger partial charge in [0.25, 0.3) is 0 Å². The second kappa shape index (κ2) is 5.88. The molecule has 0 aliphatic heterocycles. The first kappa shape index (κ1) is 14.3. The molecule has 2 aromatic rings. The number of benzene rings is 1. The smallest absolute Gasteiger partial charge is 0.178 e. The second-order valence-corrected chi connectivity index (χ2v) is 5.63. The van der Waals surface area contributed by atoms with Crippen molar-refractivity contribution in [3.8, 4) is 11.5 Å². The zero-order chi connectivity index (χ0) is 14.0. The molecule has 6 heteroatoms. The Balaban J connectivity index is 2.65. The second-order valence-electron chi connectivity index (χ2n) is 4.33. The van der Waals surface area contributed by atoms with Crippen molar-refractivity contribution in [1.29, 1.82) is 0 Å². The summed E-state index contributed by atoms with van der Waals surface area (Å²) in [5.41, 5.74) is 2.01. The molecule has 1 aromatic heterocycles. The Kier molecular flexibility index (Phi) is 4.42. The third-order valence-corrected chi connectivity index (χ3v) is 4.18. The van der Waals surface area contributed by atoms with E-state index in [1.807, 2.05) is 12.1 Å². The molecule has 0 aliphatic rings. The van der Waals surface area contributed by atoms with Crippen LogP contribution in [0.25, 0.3) is 11.0 Å². The first-order chi connectivity index (χ1) is 9.12. The van der Waals surface area contributed by atoms with E-state index < -0.39 is 0 Å². The van der Waals surface area contributed by atoms with Crippen LogP contribution in [0.1, 0.15) is 13.0 Å². The van der Waals surface area contributed by atoms with Gasteiger partial charge in [0, 0.05) is 23.9 Å². The van der Waals surface area contributed by atoms with Gasteiger partial charge >= 0.3 is 0 Å². The summed E-state index contributed by atoms with van der Waals surface area (Å²) in [6.07, 6.45) is 2.10. The van der Waals surface area contributed by atoms with Crippen LogP contribution in [-0.4, -0.2) is 35.8 Å². The van der Waals surface area contributed by atoms with E-state index in [2.05, 4.69) is 22.7 Å². The van der Waals surface area contributed by atoms with E-state index >= 15 is 0 Å². The minimum atomic E-state index is 0.328. The molecule has 0 bridgehead atoms. The van der Waals surface area contributed by atoms with Crippen molar-refractivity contribution in [3.63, 3.8) is 0 Å². The molecule has 1 heterocycles. The molecule has 0 saturated heterocycles. The number of nitrogens with zero attached hydrogens (tertiary/aromatic N) is 1. The fourth-order valence-electron chi connectivity index (χ4n) is 2.21. The molecule has 0 spiro atoms. The fourth-order valence-corrected chi connectivity index (χ4v) is 3.23. The summed E-state index contributed by atoms with van der Waals surface area (Å²) in [5.74, 6) is 2.43. The topological polar surface area (TPSA) is 39.2 Å². The van der Waals surface area contributed by atoms with E-state index in [0.717, 1.165) is 21.6 Å². The Bertz CT molecular complexity index is 633. The lowest BCUT2D eigenvalue weighted by molar-refractivity contribution is 0.355. The van der Waals surface area contributed by atoms with Gasteiger partial charge in [-0.25, -0.2) is 0 Å². The summed E-state index contributed by atoms with van der Waals surface area (Å²) in [5, 5.41) is 0. The molecule has 2 rings (SSSR count). The van der Waals surface area contributed by atoms with E-state index in [9.17, 15) is 0 Å². The van der Waals surface area contributed by atoms with Gasteiger partial charge in [-0.1, -0.05) is 0 Å². The Labute approximate surface area is 122 Å². The summed E-state index contributed by atoms with van der Waals surface area (Å²) in [6.45, 7) is 2.16. The fraction of sp³-hybridized carbons (Fsp3) is 0.462. The number of thioether (sulfide) groups is 1. The average molecular weight is 298 g/mol. The van der Waals surface area contributed by atoms with E-state index in [-0.39, 0.29) is 0 Å². The van der Waals surface area contributed by atoms with Gasteiger partial charge in [-0.15, -0.1) is 0 Å². The van der Waals surface area contributed by atoms with Crippen molar-refractivity contribution in [3.05, 3.63) is 16.9 Å². The van der Waals surface area contributed by atoms with Gasteiger partial charge in [0.1, 0.15) is 0 Å². The number of imidazole rings is 1. The molecule has 1 aromatic carbocycles. The van der Waals surface area contributed by atoms with E-state index in [1.54, 1.807) is 26.0 Å². The van der Waals surface area contributed by atoms with Gasteiger partial charge < -0.3 is 19.0 Å². The number of aromatic nitrogens is 2. The molecule has 19 heavy (non-hydrogen) atoms. The SMILES string of the molecule is COc1cc2[nH]c(=S)n(C(C)CSC)c2cc1OC. The van der Waals surface area contributed by atoms with Crippen LogP contribution >= 0.6 is 24.0 Å². The van der Waals surface area contributed by atoms with Crippen molar-refractivity contribution in [2.75, 3.05) is 26.2 Å². The number of hydrogen-bond acceptors (Lipinski definition) is 4. The van der Waals surface area contributed by atoms with Crippen molar-refractivity contribution in [2.45, 2.75) is 13.0 Å². The molecule has 1 N–H and O–H groups in total. The molecular weight excluding hydrogens is 280 g/mol. The lowest BCUT2D eigenvalue weighted by Crippen LogP contribution is -2.07. The quantitative estimate of drug-likeness (QED) is 0.855. The standard InChI is InChI=1S/C13H18N2O2S2/c1-8(7-19-4)15-10-6-12(17-3)11(16-2)5-9(10)14-13(15)18/h5-6,8H,7H2,1-4H3,(H,14,18). The van der Waals surface area contributed by atoms with Gasteiger partial charge in [-0.3, -0.25) is 0 Å².